The number of benzene rings is 1. The van der Waals surface area contributed by atoms with Crippen molar-refractivity contribution < 1.29 is 13.9 Å². The monoisotopic (exact) mass is 394 g/mol. The number of hydrogen-bond acceptors (Lipinski definition) is 6. The summed E-state index contributed by atoms with van der Waals surface area (Å²) in [5.74, 6) is 0.343. The average Bonchev–Trinajstić information content (AvgIpc) is 3.46. The lowest BCUT2D eigenvalue weighted by atomic mass is 9.96. The molecule has 1 saturated heterocycles. The van der Waals surface area contributed by atoms with E-state index in [1.54, 1.807) is 10.9 Å². The van der Waals surface area contributed by atoms with Gasteiger partial charge in [0.25, 0.3) is 0 Å². The number of anilines is 1. The Bertz CT molecular complexity index is 1110. The Kier molecular flexibility index (Phi) is 4.22. The Morgan fingerprint density at radius 1 is 1.36 bits per heavy atom. The molecule has 28 heavy (non-hydrogen) atoms. The number of hydrogen-bond donors (Lipinski definition) is 1. The summed E-state index contributed by atoms with van der Waals surface area (Å²) in [4.78, 5) is 17.3. The number of nitrogens with zero attached hydrogens (tertiary/aromatic N) is 3. The van der Waals surface area contributed by atoms with Gasteiger partial charge in [-0.2, -0.15) is 5.10 Å². The third-order valence-corrected chi connectivity index (χ3v) is 5.65. The van der Waals surface area contributed by atoms with Crippen molar-refractivity contribution in [1.29, 1.82) is 0 Å². The van der Waals surface area contributed by atoms with E-state index in [0.29, 0.717) is 29.6 Å². The van der Waals surface area contributed by atoms with Crippen molar-refractivity contribution in [2.75, 3.05) is 11.9 Å². The van der Waals surface area contributed by atoms with Gasteiger partial charge in [0.1, 0.15) is 11.3 Å². The molecular weight excluding hydrogens is 376 g/mol. The molecule has 4 heterocycles. The first-order chi connectivity index (χ1) is 13.7. The molecular formula is C20H18N4O3S. The molecule has 7 nitrogen and oxygen atoms in total. The van der Waals surface area contributed by atoms with Crippen LogP contribution in [-0.2, 0) is 16.6 Å². The summed E-state index contributed by atoms with van der Waals surface area (Å²) >= 11 is 1.38. The van der Waals surface area contributed by atoms with Gasteiger partial charge in [-0.3, -0.25) is 9.48 Å². The van der Waals surface area contributed by atoms with Crippen LogP contribution >= 0.6 is 11.3 Å². The van der Waals surface area contributed by atoms with Gasteiger partial charge in [0, 0.05) is 36.2 Å². The van der Waals surface area contributed by atoms with Crippen LogP contribution in [-0.4, -0.2) is 27.3 Å². The number of fused-ring (bicyclic) bond motifs is 1. The van der Waals surface area contributed by atoms with Crippen molar-refractivity contribution >= 4 is 33.3 Å². The molecule has 0 bridgehead atoms. The van der Waals surface area contributed by atoms with E-state index in [1.165, 1.54) is 11.3 Å². The number of aromatic nitrogens is 3. The van der Waals surface area contributed by atoms with Gasteiger partial charge >= 0.3 is 0 Å². The second-order valence-electron chi connectivity index (χ2n) is 6.81. The van der Waals surface area contributed by atoms with Gasteiger partial charge in [-0.05, 0) is 18.6 Å². The third kappa shape index (κ3) is 3.10. The fraction of sp³-hybridized carbons (Fsp3) is 0.250. The summed E-state index contributed by atoms with van der Waals surface area (Å²) in [5.41, 5.74) is 2.45. The molecule has 5 rings (SSSR count). The van der Waals surface area contributed by atoms with E-state index in [-0.39, 0.29) is 17.9 Å². The van der Waals surface area contributed by atoms with Crippen molar-refractivity contribution in [3.05, 3.63) is 53.7 Å². The maximum atomic E-state index is 12.8. The second kappa shape index (κ2) is 6.88. The van der Waals surface area contributed by atoms with Gasteiger partial charge in [-0.15, -0.1) is 11.3 Å². The fourth-order valence-electron chi connectivity index (χ4n) is 3.52. The maximum absolute atomic E-state index is 12.8. The van der Waals surface area contributed by atoms with E-state index in [0.717, 1.165) is 16.5 Å². The van der Waals surface area contributed by atoms with Crippen molar-refractivity contribution in [3.8, 4) is 11.5 Å². The Labute approximate surface area is 164 Å². The zero-order chi connectivity index (χ0) is 19.1. The number of nitrogens with one attached hydrogen (secondary N) is 1. The van der Waals surface area contributed by atoms with Crippen LogP contribution in [0.5, 0.6) is 0 Å². The molecule has 3 aromatic heterocycles. The highest BCUT2D eigenvalue weighted by Gasteiger charge is 2.36. The average molecular weight is 394 g/mol. The Morgan fingerprint density at radius 2 is 2.25 bits per heavy atom. The lowest BCUT2D eigenvalue weighted by Crippen LogP contribution is -2.25. The fourth-order valence-corrected chi connectivity index (χ4v) is 4.23. The summed E-state index contributed by atoms with van der Waals surface area (Å²) < 4.78 is 13.4. The van der Waals surface area contributed by atoms with Gasteiger partial charge < -0.3 is 14.5 Å². The van der Waals surface area contributed by atoms with Crippen LogP contribution in [0.25, 0.3) is 22.4 Å². The number of thiazole rings is 1. The van der Waals surface area contributed by atoms with Crippen LogP contribution in [0.4, 0.5) is 5.13 Å². The topological polar surface area (TPSA) is 82.2 Å². The number of aryl methyl sites for hydroxylation is 1. The van der Waals surface area contributed by atoms with E-state index in [2.05, 4.69) is 15.4 Å². The number of ether oxygens (including phenoxy) is 1. The minimum atomic E-state index is -0.275. The Morgan fingerprint density at radius 3 is 3.07 bits per heavy atom. The number of carbonyl (C=O) groups is 1. The van der Waals surface area contributed by atoms with E-state index in [1.807, 2.05) is 49.0 Å². The second-order valence-corrected chi connectivity index (χ2v) is 7.67. The maximum Gasteiger partial charge on any atom is 0.232 e. The molecule has 0 radical (unpaired) electrons. The molecule has 0 unspecified atom stereocenters. The number of amides is 1. The van der Waals surface area contributed by atoms with Crippen molar-refractivity contribution in [1.82, 2.24) is 14.8 Å². The van der Waals surface area contributed by atoms with Crippen molar-refractivity contribution in [2.24, 2.45) is 13.0 Å². The molecule has 1 aliphatic heterocycles. The minimum absolute atomic E-state index is 0.0862. The van der Waals surface area contributed by atoms with Gasteiger partial charge in [0.2, 0.25) is 5.91 Å². The summed E-state index contributed by atoms with van der Waals surface area (Å²) in [7, 11) is 1.85. The van der Waals surface area contributed by atoms with Crippen molar-refractivity contribution in [3.63, 3.8) is 0 Å². The highest BCUT2D eigenvalue weighted by atomic mass is 32.1. The van der Waals surface area contributed by atoms with E-state index < -0.39 is 0 Å². The molecule has 0 spiro atoms. The molecule has 1 aliphatic rings. The summed E-state index contributed by atoms with van der Waals surface area (Å²) in [6.45, 7) is 0.555. The predicted octanol–water partition coefficient (Wildman–Crippen LogP) is 4.01. The lowest BCUT2D eigenvalue weighted by Gasteiger charge is -2.15. The number of furan rings is 1. The molecule has 1 fully saturated rings. The molecule has 0 saturated carbocycles. The molecule has 1 aromatic carbocycles. The number of para-hydroxylation sites is 1. The third-order valence-electron chi connectivity index (χ3n) is 4.89. The Hall–Kier alpha value is -2.97. The predicted molar refractivity (Wildman–Crippen MR) is 106 cm³/mol. The molecule has 0 aliphatic carbocycles. The first kappa shape index (κ1) is 17.2. The minimum Gasteiger partial charge on any atom is -0.454 e. The van der Waals surface area contributed by atoms with Gasteiger partial charge in [0.05, 0.1) is 18.2 Å². The van der Waals surface area contributed by atoms with Crippen molar-refractivity contribution in [2.45, 2.75) is 12.5 Å². The highest BCUT2D eigenvalue weighted by Crippen LogP contribution is 2.36. The molecule has 1 amide bonds. The van der Waals surface area contributed by atoms with Crippen LogP contribution in [0.1, 0.15) is 18.1 Å². The summed E-state index contributed by atoms with van der Waals surface area (Å²) in [6, 6.07) is 9.78. The van der Waals surface area contributed by atoms with E-state index in [4.69, 9.17) is 9.15 Å². The molecule has 1 N–H and O–H groups in total. The van der Waals surface area contributed by atoms with Crippen LogP contribution < -0.4 is 5.32 Å². The van der Waals surface area contributed by atoms with E-state index >= 15 is 0 Å². The zero-order valence-electron chi connectivity index (χ0n) is 15.2. The zero-order valence-corrected chi connectivity index (χ0v) is 16.0. The van der Waals surface area contributed by atoms with Crippen LogP contribution in [0.15, 0.2) is 52.5 Å². The normalized spacial score (nSPS) is 19.3. The van der Waals surface area contributed by atoms with Crippen LogP contribution in [0, 0.1) is 5.92 Å². The molecule has 142 valence electrons. The molecule has 8 heteroatoms. The first-order valence-electron chi connectivity index (χ1n) is 9.03. The van der Waals surface area contributed by atoms with Crippen LogP contribution in [0.3, 0.4) is 0 Å². The number of carbonyl (C=O) groups excluding carboxylic acids is 1. The van der Waals surface area contributed by atoms with Crippen LogP contribution in [0.2, 0.25) is 0 Å². The van der Waals surface area contributed by atoms with Gasteiger partial charge in [0.15, 0.2) is 10.9 Å². The van der Waals surface area contributed by atoms with E-state index in [9.17, 15) is 4.79 Å². The molecule has 2 atom stereocenters. The lowest BCUT2D eigenvalue weighted by molar-refractivity contribution is -0.121. The molecule has 4 aromatic rings. The quantitative estimate of drug-likeness (QED) is 0.566. The first-order valence-corrected chi connectivity index (χ1v) is 9.91. The Balaban J connectivity index is 1.33. The SMILES string of the molecule is Cn1cc([C@H]2OCC[C@@H]2C(=O)Nc2nc(-c3cc4ccccc4o3)cs2)cn1. The standard InChI is InChI=1S/C20H18N4O3S/c1-24-10-13(9-21-24)18-14(6-7-26-18)19(25)23-20-22-15(11-28-20)17-8-12-4-2-3-5-16(12)27-17/h2-5,8-11,14,18H,6-7H2,1H3,(H,22,23,25)/t14-,18+/m0/s1. The highest BCUT2D eigenvalue weighted by molar-refractivity contribution is 7.14. The van der Waals surface area contributed by atoms with Gasteiger partial charge in [-0.25, -0.2) is 4.98 Å². The number of rotatable bonds is 4. The largest absolute Gasteiger partial charge is 0.454 e. The smallest absolute Gasteiger partial charge is 0.232 e. The van der Waals surface area contributed by atoms with Gasteiger partial charge in [-0.1, -0.05) is 18.2 Å². The summed E-state index contributed by atoms with van der Waals surface area (Å²) in [6.07, 6.45) is 4.04. The summed E-state index contributed by atoms with van der Waals surface area (Å²) in [5, 5.41) is 10.6.